The van der Waals surface area contributed by atoms with Crippen LogP contribution < -0.4 is 4.57 Å². The van der Waals surface area contributed by atoms with Gasteiger partial charge in [0.15, 0.2) is 12.3 Å². The van der Waals surface area contributed by atoms with Crippen molar-refractivity contribution in [2.24, 2.45) is 0 Å². The predicted molar refractivity (Wildman–Crippen MR) is 41.5 cm³/mol. The van der Waals surface area contributed by atoms with Gasteiger partial charge in [-0.25, -0.2) is 4.57 Å². The first-order valence-electron chi connectivity index (χ1n) is 5.97. The third kappa shape index (κ3) is 2.18. The number of hydrogen-bond acceptors (Lipinski definition) is 0. The molecule has 0 atom stereocenters. The van der Waals surface area contributed by atoms with Gasteiger partial charge in [0, 0.05) is 18.5 Å². The molecule has 0 spiro atoms. The lowest BCUT2D eigenvalue weighted by atomic mass is 10.3. The predicted octanol–water partition coefficient (Wildman–Crippen LogP) is 1.77. The maximum absolute atomic E-state index is 7.60. The molecule has 0 amide bonds. The second-order valence-electron chi connectivity index (χ2n) is 2.10. The average Bonchev–Trinajstić information content (AvgIpc) is 2.24. The maximum Gasteiger partial charge on any atom is 0.168 e. The summed E-state index contributed by atoms with van der Waals surface area (Å²) in [5, 5.41) is 0. The Hall–Kier alpha value is -0.850. The molecule has 1 aromatic heterocycles. The van der Waals surface area contributed by atoms with Crippen LogP contribution in [-0.2, 0) is 6.54 Å². The van der Waals surface area contributed by atoms with E-state index in [0.717, 1.165) is 12.8 Å². The molecule has 1 aromatic rings. The Morgan fingerprint density at radius 2 is 2.00 bits per heavy atom. The summed E-state index contributed by atoms with van der Waals surface area (Å²) in [5.41, 5.74) is 0. The van der Waals surface area contributed by atoms with E-state index < -0.39 is 0 Å². The summed E-state index contributed by atoms with van der Waals surface area (Å²) in [6, 6.07) is -0.878. The smallest absolute Gasteiger partial charge is 0.168 e. The van der Waals surface area contributed by atoms with E-state index in [1.165, 1.54) is 4.57 Å². The van der Waals surface area contributed by atoms with Gasteiger partial charge < -0.3 is 0 Å². The molecule has 1 rings (SSSR count). The summed E-state index contributed by atoms with van der Waals surface area (Å²) in [6.07, 6.45) is 1.44. The first kappa shape index (κ1) is 3.04. The van der Waals surface area contributed by atoms with Gasteiger partial charge in [-0.2, -0.15) is 0 Å². The molecular weight excluding hydrogens is 122 g/mol. The number of nitrogens with zero attached hydrogens (tertiary/aromatic N) is 1. The van der Waals surface area contributed by atoms with Crippen molar-refractivity contribution in [3.63, 3.8) is 0 Å². The molecule has 0 saturated carbocycles. The Labute approximate surface area is 69.3 Å². The van der Waals surface area contributed by atoms with Gasteiger partial charge in [-0.3, -0.25) is 0 Å². The second kappa shape index (κ2) is 4.04. The van der Waals surface area contributed by atoms with Gasteiger partial charge in [-0.05, 0) is 0 Å². The Morgan fingerprint density at radius 1 is 1.30 bits per heavy atom. The number of rotatable bonds is 3. The zero-order valence-corrected chi connectivity index (χ0v) is 6.07. The maximum atomic E-state index is 7.60. The SMILES string of the molecule is [2H]c1c([2H])c([2H])[n+](CCCC)c([2H])c1[2H]. The lowest BCUT2D eigenvalue weighted by Gasteiger charge is -1.91. The first-order chi connectivity index (χ1) is 7.00. The third-order valence-corrected chi connectivity index (χ3v) is 1.24. The van der Waals surface area contributed by atoms with E-state index in [9.17, 15) is 0 Å². The number of unbranched alkanes of at least 4 members (excludes halogenated alkanes) is 1. The van der Waals surface area contributed by atoms with E-state index >= 15 is 0 Å². The molecule has 0 aromatic carbocycles. The van der Waals surface area contributed by atoms with Crippen LogP contribution in [0.4, 0.5) is 0 Å². The molecule has 10 heavy (non-hydrogen) atoms. The van der Waals surface area contributed by atoms with Crippen molar-refractivity contribution in [2.75, 3.05) is 0 Å². The average molecular weight is 141 g/mol. The van der Waals surface area contributed by atoms with Crippen molar-refractivity contribution < 1.29 is 11.4 Å². The van der Waals surface area contributed by atoms with Crippen molar-refractivity contribution in [1.29, 1.82) is 0 Å². The molecule has 0 N–H and O–H groups in total. The molecule has 0 aliphatic rings. The highest BCUT2D eigenvalue weighted by atomic mass is 14.9. The Kier molecular flexibility index (Phi) is 1.23. The molecule has 0 saturated heterocycles. The van der Waals surface area contributed by atoms with Crippen molar-refractivity contribution >= 4 is 0 Å². The summed E-state index contributed by atoms with van der Waals surface area (Å²) in [5.74, 6) is 0. The van der Waals surface area contributed by atoms with Crippen LogP contribution in [0.3, 0.4) is 0 Å². The Bertz CT molecular complexity index is 348. The molecule has 1 heterocycles. The minimum atomic E-state index is -0.335. The molecular formula is C9H14N+. The number of aromatic nitrogens is 1. The molecule has 1 heteroatoms. The zero-order valence-electron chi connectivity index (χ0n) is 11.1. The highest BCUT2D eigenvalue weighted by Crippen LogP contribution is 1.85. The molecule has 0 aliphatic carbocycles. The normalized spacial score (nSPS) is 16.7. The van der Waals surface area contributed by atoms with Gasteiger partial charge in [0.05, 0.1) is 4.11 Å². The van der Waals surface area contributed by atoms with Crippen LogP contribution in [-0.4, -0.2) is 0 Å². The molecule has 1 nitrogen and oxygen atoms in total. The van der Waals surface area contributed by atoms with Gasteiger partial charge in [0.2, 0.25) is 0 Å². The van der Waals surface area contributed by atoms with Gasteiger partial charge in [0.1, 0.15) is 9.29 Å². The lowest BCUT2D eigenvalue weighted by molar-refractivity contribution is -0.697. The van der Waals surface area contributed by atoms with Crippen LogP contribution >= 0.6 is 0 Å². The summed E-state index contributed by atoms with van der Waals surface area (Å²) in [6.45, 7) is 2.46. The van der Waals surface area contributed by atoms with Crippen molar-refractivity contribution in [3.05, 3.63) is 30.5 Å². The van der Waals surface area contributed by atoms with E-state index in [1.54, 1.807) is 0 Å². The third-order valence-electron chi connectivity index (χ3n) is 1.24. The minimum Gasteiger partial charge on any atom is -0.205 e. The van der Waals surface area contributed by atoms with Gasteiger partial charge in [-0.1, -0.05) is 19.4 Å². The van der Waals surface area contributed by atoms with E-state index in [2.05, 4.69) is 0 Å². The summed E-state index contributed by atoms with van der Waals surface area (Å²) in [4.78, 5) is 0. The quantitative estimate of drug-likeness (QED) is 0.565. The van der Waals surface area contributed by atoms with Crippen LogP contribution in [0, 0.1) is 0 Å². The van der Waals surface area contributed by atoms with Crippen LogP contribution in [0.25, 0.3) is 0 Å². The van der Waals surface area contributed by atoms with Crippen molar-refractivity contribution in [1.82, 2.24) is 0 Å². The van der Waals surface area contributed by atoms with E-state index in [1.807, 2.05) is 6.92 Å². The van der Waals surface area contributed by atoms with Crippen LogP contribution in [0.5, 0.6) is 0 Å². The minimum absolute atomic E-state index is 0.144. The Morgan fingerprint density at radius 3 is 2.60 bits per heavy atom. The molecule has 54 valence electrons. The molecule has 0 bridgehead atoms. The van der Waals surface area contributed by atoms with Crippen molar-refractivity contribution in [3.8, 4) is 0 Å². The largest absolute Gasteiger partial charge is 0.205 e. The second-order valence-corrected chi connectivity index (χ2v) is 2.10. The van der Waals surface area contributed by atoms with Gasteiger partial charge >= 0.3 is 0 Å². The molecule has 0 fully saturated rings. The monoisotopic (exact) mass is 141 g/mol. The van der Waals surface area contributed by atoms with E-state index in [-0.39, 0.29) is 30.5 Å². The first-order valence-corrected chi connectivity index (χ1v) is 3.47. The molecule has 0 radical (unpaired) electrons. The van der Waals surface area contributed by atoms with Crippen molar-refractivity contribution in [2.45, 2.75) is 26.3 Å². The zero-order chi connectivity index (χ0) is 11.6. The van der Waals surface area contributed by atoms with Crippen LogP contribution in [0.2, 0.25) is 0 Å². The number of pyridine rings is 1. The molecule has 0 aliphatic heterocycles. The number of hydrogen-bond donors (Lipinski definition) is 0. The van der Waals surface area contributed by atoms with E-state index in [0.29, 0.717) is 6.54 Å². The fourth-order valence-electron chi connectivity index (χ4n) is 0.678. The summed E-state index contributed by atoms with van der Waals surface area (Å²) >= 11 is 0. The van der Waals surface area contributed by atoms with Gasteiger partial charge in [-0.15, -0.1) is 0 Å². The molecule has 0 unspecified atom stereocenters. The van der Waals surface area contributed by atoms with Crippen LogP contribution in [0.1, 0.15) is 26.6 Å². The summed E-state index contributed by atoms with van der Waals surface area (Å²) in [7, 11) is 0. The summed E-state index contributed by atoms with van der Waals surface area (Å²) < 4.78 is 38.8. The lowest BCUT2D eigenvalue weighted by Crippen LogP contribution is -2.31. The van der Waals surface area contributed by atoms with Gasteiger partial charge in [0.25, 0.3) is 0 Å². The fraction of sp³-hybridized carbons (Fsp3) is 0.444. The fourth-order valence-corrected chi connectivity index (χ4v) is 0.678. The highest BCUT2D eigenvalue weighted by molar-refractivity contribution is 4.83. The topological polar surface area (TPSA) is 3.88 Å². The standard InChI is InChI=1S/C9H14N/c1-2-3-7-10-8-5-4-6-9-10/h4-6,8-9H,2-3,7H2,1H3/q+1/i4D,5D,6D,8D,9D. The van der Waals surface area contributed by atoms with E-state index in [4.69, 9.17) is 6.85 Å². The Balaban J connectivity index is 3.26. The van der Waals surface area contributed by atoms with Crippen LogP contribution in [0.15, 0.2) is 30.5 Å². The highest BCUT2D eigenvalue weighted by Gasteiger charge is 1.93.